The van der Waals surface area contributed by atoms with E-state index in [4.69, 9.17) is 14.6 Å². The molecule has 1 saturated carbocycles. The van der Waals surface area contributed by atoms with Gasteiger partial charge in [0, 0.05) is 19.8 Å². The summed E-state index contributed by atoms with van der Waals surface area (Å²) in [6.07, 6.45) is 7.71. The van der Waals surface area contributed by atoms with Crippen molar-refractivity contribution in [3.63, 3.8) is 0 Å². The monoisotopic (exact) mass is 392 g/mol. The van der Waals surface area contributed by atoms with Crippen molar-refractivity contribution in [1.29, 1.82) is 0 Å². The molecule has 5 nitrogen and oxygen atoms in total. The van der Waals surface area contributed by atoms with Crippen molar-refractivity contribution in [2.24, 2.45) is 16.7 Å². The number of allylic oxidation sites excluding steroid dienone is 2. The molecule has 0 heterocycles. The van der Waals surface area contributed by atoms with Gasteiger partial charge >= 0.3 is 11.9 Å². The van der Waals surface area contributed by atoms with Crippen LogP contribution in [0.4, 0.5) is 0 Å². The van der Waals surface area contributed by atoms with Gasteiger partial charge in [-0.2, -0.15) is 0 Å². The molecule has 2 aliphatic rings. The molecular formula is C23H36O5. The van der Waals surface area contributed by atoms with Gasteiger partial charge in [0.1, 0.15) is 6.10 Å². The van der Waals surface area contributed by atoms with Crippen LogP contribution in [0.25, 0.3) is 0 Å². The lowest BCUT2D eigenvalue weighted by atomic mass is 9.49. The number of ether oxygens (including phenoxy) is 2. The van der Waals surface area contributed by atoms with Crippen molar-refractivity contribution in [3.05, 3.63) is 23.3 Å². The topological polar surface area (TPSA) is 72.8 Å². The van der Waals surface area contributed by atoms with Gasteiger partial charge in [0.15, 0.2) is 6.10 Å². The molecular weight excluding hydrogens is 356 g/mol. The highest BCUT2D eigenvalue weighted by atomic mass is 16.6. The van der Waals surface area contributed by atoms with Gasteiger partial charge < -0.3 is 14.6 Å². The Balaban J connectivity index is 2.49. The zero-order valence-corrected chi connectivity index (χ0v) is 18.2. The van der Waals surface area contributed by atoms with E-state index in [9.17, 15) is 9.59 Å². The van der Waals surface area contributed by atoms with Crippen LogP contribution in [0.3, 0.4) is 0 Å². The number of carbonyl (C=O) groups is 2. The minimum Gasteiger partial charge on any atom is -0.458 e. The number of aliphatic hydroxyl groups is 1. The standard InChI is InChI=1S/C23H36O5/c1-15(10-13-24)8-9-18-14-19(27-16(2)25)20(28-17(3)26)21-22(4,5)11-7-12-23(18,21)6/h10,14,19-21,24H,7-9,11-13H2,1-6H3/b15-10-/t19-,20+,21?,23+/m0/s1. The van der Waals surface area contributed by atoms with Gasteiger partial charge in [-0.1, -0.05) is 44.4 Å². The molecule has 0 bridgehead atoms. The lowest BCUT2D eigenvalue weighted by Gasteiger charge is -2.57. The molecule has 0 radical (unpaired) electrons. The normalized spacial score (nSPS) is 32.2. The van der Waals surface area contributed by atoms with Crippen LogP contribution in [0.2, 0.25) is 0 Å². The molecule has 158 valence electrons. The van der Waals surface area contributed by atoms with Gasteiger partial charge in [-0.15, -0.1) is 0 Å². The Hall–Kier alpha value is -1.62. The molecule has 0 aromatic heterocycles. The summed E-state index contributed by atoms with van der Waals surface area (Å²) < 4.78 is 11.4. The van der Waals surface area contributed by atoms with Crippen molar-refractivity contribution in [3.8, 4) is 0 Å². The fraction of sp³-hybridized carbons (Fsp3) is 0.739. The second-order valence-electron chi connectivity index (χ2n) is 9.31. The summed E-state index contributed by atoms with van der Waals surface area (Å²) in [7, 11) is 0. The SMILES string of the molecule is CC(=O)O[C@H]1C=C(CC/C(C)=C\CO)[C@@]2(C)CCCC(C)(C)C2[C@@H]1OC(C)=O. The Morgan fingerprint density at radius 2 is 1.79 bits per heavy atom. The van der Waals surface area contributed by atoms with Crippen LogP contribution in [-0.2, 0) is 19.1 Å². The lowest BCUT2D eigenvalue weighted by molar-refractivity contribution is -0.183. The van der Waals surface area contributed by atoms with Crippen LogP contribution in [0.1, 0.15) is 73.6 Å². The van der Waals surface area contributed by atoms with Gasteiger partial charge in [-0.3, -0.25) is 9.59 Å². The van der Waals surface area contributed by atoms with Gasteiger partial charge in [-0.25, -0.2) is 0 Å². The largest absolute Gasteiger partial charge is 0.458 e. The molecule has 5 heteroatoms. The first-order valence-corrected chi connectivity index (χ1v) is 10.3. The molecule has 0 amide bonds. The molecule has 1 fully saturated rings. The average Bonchev–Trinajstić information content (AvgIpc) is 2.54. The Morgan fingerprint density at radius 1 is 1.14 bits per heavy atom. The summed E-state index contributed by atoms with van der Waals surface area (Å²) in [5, 5.41) is 9.14. The maximum absolute atomic E-state index is 11.9. The number of hydrogen-bond donors (Lipinski definition) is 1. The quantitative estimate of drug-likeness (QED) is 0.538. The predicted octanol–water partition coefficient (Wildman–Crippen LogP) is 4.34. The van der Waals surface area contributed by atoms with Gasteiger partial charge in [0.05, 0.1) is 6.61 Å². The maximum Gasteiger partial charge on any atom is 0.303 e. The van der Waals surface area contributed by atoms with Gasteiger partial charge in [-0.05, 0) is 49.5 Å². The molecule has 1 N–H and O–H groups in total. The average molecular weight is 393 g/mol. The number of hydrogen-bond acceptors (Lipinski definition) is 5. The molecule has 4 atom stereocenters. The summed E-state index contributed by atoms with van der Waals surface area (Å²) in [5.74, 6) is -0.639. The molecule has 2 rings (SSSR count). The fourth-order valence-electron chi connectivity index (χ4n) is 5.50. The van der Waals surface area contributed by atoms with E-state index in [-0.39, 0.29) is 35.3 Å². The van der Waals surface area contributed by atoms with Crippen molar-refractivity contribution >= 4 is 11.9 Å². The number of esters is 2. The Morgan fingerprint density at radius 3 is 2.36 bits per heavy atom. The molecule has 1 unspecified atom stereocenters. The molecule has 28 heavy (non-hydrogen) atoms. The van der Waals surface area contributed by atoms with Crippen LogP contribution in [0, 0.1) is 16.7 Å². The number of rotatable bonds is 6. The summed E-state index contributed by atoms with van der Waals surface area (Å²) in [5.41, 5.74) is 2.26. The Labute approximate surface area is 169 Å². The van der Waals surface area contributed by atoms with Crippen molar-refractivity contribution in [2.75, 3.05) is 6.61 Å². The van der Waals surface area contributed by atoms with E-state index in [1.165, 1.54) is 19.4 Å². The summed E-state index contributed by atoms with van der Waals surface area (Å²) in [6, 6.07) is 0. The first-order chi connectivity index (χ1) is 13.0. The molecule has 0 aromatic carbocycles. The van der Waals surface area contributed by atoms with Crippen LogP contribution < -0.4 is 0 Å². The maximum atomic E-state index is 11.9. The third-order valence-corrected chi connectivity index (χ3v) is 6.63. The minimum atomic E-state index is -0.561. The number of carbonyl (C=O) groups excluding carboxylic acids is 2. The number of fused-ring (bicyclic) bond motifs is 1. The molecule has 0 aliphatic heterocycles. The van der Waals surface area contributed by atoms with E-state index >= 15 is 0 Å². The summed E-state index contributed by atoms with van der Waals surface area (Å²) in [6.45, 7) is 11.6. The molecule has 2 aliphatic carbocycles. The highest BCUT2D eigenvalue weighted by molar-refractivity contribution is 5.68. The second-order valence-corrected chi connectivity index (χ2v) is 9.31. The molecule has 0 saturated heterocycles. The first-order valence-electron chi connectivity index (χ1n) is 10.3. The van der Waals surface area contributed by atoms with Crippen molar-refractivity contribution in [2.45, 2.75) is 85.9 Å². The highest BCUT2D eigenvalue weighted by Crippen LogP contribution is 2.60. The highest BCUT2D eigenvalue weighted by Gasteiger charge is 2.57. The van der Waals surface area contributed by atoms with Crippen molar-refractivity contribution in [1.82, 2.24) is 0 Å². The summed E-state index contributed by atoms with van der Waals surface area (Å²) >= 11 is 0. The van der Waals surface area contributed by atoms with Crippen molar-refractivity contribution < 1.29 is 24.2 Å². The van der Waals surface area contributed by atoms with Crippen LogP contribution in [0.5, 0.6) is 0 Å². The lowest BCUT2D eigenvalue weighted by Crippen LogP contribution is -2.57. The van der Waals surface area contributed by atoms with Gasteiger partial charge in [0.25, 0.3) is 0 Å². The van der Waals surface area contributed by atoms with Crippen LogP contribution >= 0.6 is 0 Å². The fourth-order valence-corrected chi connectivity index (χ4v) is 5.50. The van der Waals surface area contributed by atoms with E-state index < -0.39 is 12.2 Å². The smallest absolute Gasteiger partial charge is 0.303 e. The van der Waals surface area contributed by atoms with Crippen LogP contribution in [0.15, 0.2) is 23.3 Å². The van der Waals surface area contributed by atoms with E-state index in [2.05, 4.69) is 20.8 Å². The zero-order valence-electron chi connectivity index (χ0n) is 18.2. The van der Waals surface area contributed by atoms with Crippen LogP contribution in [-0.4, -0.2) is 35.9 Å². The molecule has 0 spiro atoms. The molecule has 0 aromatic rings. The Bertz CT molecular complexity index is 660. The second kappa shape index (κ2) is 8.81. The minimum absolute atomic E-state index is 0.0407. The third kappa shape index (κ3) is 4.86. The Kier molecular flexibility index (Phi) is 7.13. The first kappa shape index (κ1) is 22.7. The number of aliphatic hydroxyl groups excluding tert-OH is 1. The van der Waals surface area contributed by atoms with Gasteiger partial charge in [0.2, 0.25) is 0 Å². The van der Waals surface area contributed by atoms with E-state index in [0.29, 0.717) is 0 Å². The van der Waals surface area contributed by atoms with E-state index in [1.807, 2.05) is 19.1 Å². The van der Waals surface area contributed by atoms with E-state index in [1.54, 1.807) is 0 Å². The predicted molar refractivity (Wildman–Crippen MR) is 108 cm³/mol. The zero-order chi connectivity index (χ0) is 21.1. The third-order valence-electron chi connectivity index (χ3n) is 6.63. The van der Waals surface area contributed by atoms with E-state index in [0.717, 1.165) is 37.7 Å². The summed E-state index contributed by atoms with van der Waals surface area (Å²) in [4.78, 5) is 23.7.